The Morgan fingerprint density at radius 3 is 2.69 bits per heavy atom. The van der Waals surface area contributed by atoms with Crippen molar-refractivity contribution in [3.63, 3.8) is 0 Å². The van der Waals surface area contributed by atoms with E-state index in [9.17, 15) is 14.5 Å². The van der Waals surface area contributed by atoms with Crippen LogP contribution >= 0.6 is 0 Å². The van der Waals surface area contributed by atoms with Crippen molar-refractivity contribution >= 4 is 11.7 Å². The fourth-order valence-corrected chi connectivity index (χ4v) is 0.928. The van der Waals surface area contributed by atoms with Crippen molar-refractivity contribution in [2.75, 3.05) is 19.6 Å². The standard InChI is InChI=1S/C8H13N5O3/c9-13-11-5-1-4-10-6-7(14)2-3-8(15)12-16/h10H,1-6H2. The zero-order valence-electron chi connectivity index (χ0n) is 8.76. The van der Waals surface area contributed by atoms with Crippen molar-refractivity contribution in [2.24, 2.45) is 10.3 Å². The fourth-order valence-electron chi connectivity index (χ4n) is 0.928. The Kier molecular flexibility index (Phi) is 8.66. The molecule has 0 spiro atoms. The topological polar surface area (TPSA) is 124 Å². The van der Waals surface area contributed by atoms with Gasteiger partial charge in [-0.05, 0) is 18.5 Å². The Morgan fingerprint density at radius 1 is 1.31 bits per heavy atom. The molecule has 0 radical (unpaired) electrons. The summed E-state index contributed by atoms with van der Waals surface area (Å²) >= 11 is 0. The molecule has 0 unspecified atom stereocenters. The van der Waals surface area contributed by atoms with Crippen LogP contribution in [0.15, 0.2) is 10.3 Å². The summed E-state index contributed by atoms with van der Waals surface area (Å²) in [6, 6.07) is 0. The molecule has 0 rings (SSSR count). The summed E-state index contributed by atoms with van der Waals surface area (Å²) < 4.78 is 0. The minimum atomic E-state index is -0.809. The van der Waals surface area contributed by atoms with E-state index in [-0.39, 0.29) is 25.2 Å². The molecule has 8 heteroatoms. The van der Waals surface area contributed by atoms with Gasteiger partial charge in [0.15, 0.2) is 0 Å². The molecule has 0 aliphatic rings. The molecule has 0 bridgehead atoms. The molecule has 0 atom stereocenters. The van der Waals surface area contributed by atoms with E-state index < -0.39 is 5.91 Å². The number of carbonyl (C=O) groups is 2. The van der Waals surface area contributed by atoms with Crippen LogP contribution in [-0.4, -0.2) is 31.3 Å². The highest BCUT2D eigenvalue weighted by Crippen LogP contribution is 1.92. The SMILES string of the molecule is [N-]=[N+]=NCCCNCC(=O)CCC(=O)N=O. The minimum absolute atomic E-state index is 0.0217. The Labute approximate surface area is 92.0 Å². The normalized spacial score (nSPS) is 9.25. The van der Waals surface area contributed by atoms with Crippen LogP contribution in [0.2, 0.25) is 0 Å². The first-order valence-electron chi connectivity index (χ1n) is 4.80. The van der Waals surface area contributed by atoms with E-state index >= 15 is 0 Å². The van der Waals surface area contributed by atoms with E-state index in [1.54, 1.807) is 0 Å². The number of amides is 1. The zero-order valence-corrected chi connectivity index (χ0v) is 8.76. The number of ketones is 1. The highest BCUT2D eigenvalue weighted by atomic mass is 16.3. The minimum Gasteiger partial charge on any atom is -0.310 e. The smallest absolute Gasteiger partial charge is 0.286 e. The highest BCUT2D eigenvalue weighted by molar-refractivity contribution is 5.86. The second-order valence-electron chi connectivity index (χ2n) is 3.01. The number of rotatable bonds is 9. The first-order valence-corrected chi connectivity index (χ1v) is 4.80. The van der Waals surface area contributed by atoms with Gasteiger partial charge in [-0.15, -0.1) is 4.91 Å². The second-order valence-corrected chi connectivity index (χ2v) is 3.01. The monoisotopic (exact) mass is 227 g/mol. The Morgan fingerprint density at radius 2 is 2.06 bits per heavy atom. The van der Waals surface area contributed by atoms with Crippen LogP contribution in [-0.2, 0) is 9.59 Å². The molecule has 1 amide bonds. The van der Waals surface area contributed by atoms with Gasteiger partial charge >= 0.3 is 0 Å². The van der Waals surface area contributed by atoms with Crippen LogP contribution in [0.25, 0.3) is 10.4 Å². The third-order valence-corrected chi connectivity index (χ3v) is 1.72. The van der Waals surface area contributed by atoms with E-state index in [4.69, 9.17) is 5.53 Å². The number of Topliss-reactive ketones (excluding diaryl/α,β-unsaturated/α-hetero) is 1. The lowest BCUT2D eigenvalue weighted by Gasteiger charge is -2.01. The van der Waals surface area contributed by atoms with Crippen LogP contribution in [0.4, 0.5) is 0 Å². The highest BCUT2D eigenvalue weighted by Gasteiger charge is 2.06. The predicted octanol–water partition coefficient (Wildman–Crippen LogP) is 0.919. The Hall–Kier alpha value is -1.79. The largest absolute Gasteiger partial charge is 0.310 e. The maximum absolute atomic E-state index is 11.1. The molecule has 0 aromatic carbocycles. The van der Waals surface area contributed by atoms with Crippen molar-refractivity contribution in [3.8, 4) is 0 Å². The molecule has 0 heterocycles. The molecule has 1 N–H and O–H groups in total. The molecule has 0 aliphatic heterocycles. The van der Waals surface area contributed by atoms with Crippen LogP contribution in [0.1, 0.15) is 19.3 Å². The molecule has 0 aromatic rings. The zero-order chi connectivity index (χ0) is 12.2. The number of hydrogen-bond donors (Lipinski definition) is 1. The Bertz CT molecular complexity index is 298. The van der Waals surface area contributed by atoms with Gasteiger partial charge in [0.05, 0.1) is 6.54 Å². The lowest BCUT2D eigenvalue weighted by molar-refractivity contribution is -0.123. The van der Waals surface area contributed by atoms with Gasteiger partial charge < -0.3 is 5.32 Å². The number of carbonyl (C=O) groups excluding carboxylic acids is 2. The summed E-state index contributed by atoms with van der Waals surface area (Å²) in [5.41, 5.74) is 7.97. The summed E-state index contributed by atoms with van der Waals surface area (Å²) in [7, 11) is 0. The van der Waals surface area contributed by atoms with E-state index in [0.717, 1.165) is 0 Å². The molecule has 8 nitrogen and oxygen atoms in total. The molecule has 0 saturated carbocycles. The van der Waals surface area contributed by atoms with Gasteiger partial charge in [0.1, 0.15) is 5.78 Å². The lowest BCUT2D eigenvalue weighted by Crippen LogP contribution is -2.24. The Balaban J connectivity index is 3.40. The second kappa shape index (κ2) is 9.75. The summed E-state index contributed by atoms with van der Waals surface area (Å²) in [6.07, 6.45) is 0.531. The molecule has 0 aliphatic carbocycles. The molecule has 16 heavy (non-hydrogen) atoms. The van der Waals surface area contributed by atoms with Crippen LogP contribution in [0.3, 0.4) is 0 Å². The number of nitrogens with zero attached hydrogens (tertiary/aromatic N) is 4. The molecule has 0 saturated heterocycles. The third-order valence-electron chi connectivity index (χ3n) is 1.72. The molecule has 88 valence electrons. The van der Waals surface area contributed by atoms with Crippen LogP contribution in [0, 0.1) is 4.91 Å². The number of nitroso groups, excluding NO2 is 1. The van der Waals surface area contributed by atoms with E-state index in [0.29, 0.717) is 19.5 Å². The van der Waals surface area contributed by atoms with Gasteiger partial charge in [0, 0.05) is 29.5 Å². The number of azide groups is 1. The average molecular weight is 227 g/mol. The first kappa shape index (κ1) is 14.2. The van der Waals surface area contributed by atoms with Crippen LogP contribution < -0.4 is 5.32 Å². The van der Waals surface area contributed by atoms with E-state index in [1.807, 2.05) is 0 Å². The summed E-state index contributed by atoms with van der Waals surface area (Å²) in [6.45, 7) is 1.08. The van der Waals surface area contributed by atoms with E-state index in [2.05, 4.69) is 20.5 Å². The predicted molar refractivity (Wildman–Crippen MR) is 56.5 cm³/mol. The van der Waals surface area contributed by atoms with Crippen LogP contribution in [0.5, 0.6) is 0 Å². The number of hydrogen-bond acceptors (Lipinski definition) is 5. The van der Waals surface area contributed by atoms with E-state index in [1.165, 1.54) is 0 Å². The molecule has 0 aromatic heterocycles. The fraction of sp³-hybridized carbons (Fsp3) is 0.750. The number of nitrogens with one attached hydrogen (secondary N) is 1. The summed E-state index contributed by atoms with van der Waals surface area (Å²) in [5.74, 6) is -0.961. The van der Waals surface area contributed by atoms with Gasteiger partial charge in [0.25, 0.3) is 5.91 Å². The lowest BCUT2D eigenvalue weighted by atomic mass is 10.2. The van der Waals surface area contributed by atoms with Crippen molar-refractivity contribution < 1.29 is 9.59 Å². The average Bonchev–Trinajstić information content (AvgIpc) is 2.30. The molecule has 0 fully saturated rings. The maximum Gasteiger partial charge on any atom is 0.286 e. The summed E-state index contributed by atoms with van der Waals surface area (Å²) in [4.78, 5) is 33.9. The van der Waals surface area contributed by atoms with Gasteiger partial charge in [-0.1, -0.05) is 5.11 Å². The van der Waals surface area contributed by atoms with Gasteiger partial charge in [-0.3, -0.25) is 9.59 Å². The molecular weight excluding hydrogens is 214 g/mol. The first-order chi connectivity index (χ1) is 7.70. The van der Waals surface area contributed by atoms with Gasteiger partial charge in [-0.25, -0.2) is 0 Å². The van der Waals surface area contributed by atoms with Gasteiger partial charge in [-0.2, -0.15) is 0 Å². The molecular formula is C8H13N5O3. The van der Waals surface area contributed by atoms with Crippen molar-refractivity contribution in [1.29, 1.82) is 0 Å². The van der Waals surface area contributed by atoms with Gasteiger partial charge in [0.2, 0.25) is 0 Å². The quantitative estimate of drug-likeness (QED) is 0.206. The third kappa shape index (κ3) is 8.79. The van der Waals surface area contributed by atoms with Crippen molar-refractivity contribution in [3.05, 3.63) is 15.3 Å². The maximum atomic E-state index is 11.1. The van der Waals surface area contributed by atoms with Crippen molar-refractivity contribution in [1.82, 2.24) is 5.32 Å². The summed E-state index contributed by atoms with van der Waals surface area (Å²) in [5, 5.41) is 8.34. The van der Waals surface area contributed by atoms with Crippen molar-refractivity contribution in [2.45, 2.75) is 19.3 Å².